The molecule has 0 aliphatic rings. The zero-order chi connectivity index (χ0) is 25.0. The van der Waals surface area contributed by atoms with Crippen molar-refractivity contribution in [1.29, 1.82) is 0 Å². The van der Waals surface area contributed by atoms with Crippen molar-refractivity contribution < 1.29 is 9.59 Å². The van der Waals surface area contributed by atoms with Gasteiger partial charge in [0, 0.05) is 41.6 Å². The lowest BCUT2D eigenvalue weighted by atomic mass is 10.0. The topological polar surface area (TPSA) is 49.4 Å². The first-order valence-corrected chi connectivity index (χ1v) is 13.4. The van der Waals surface area contributed by atoms with Crippen molar-refractivity contribution in [3.05, 3.63) is 101 Å². The number of thioether (sulfide) groups is 1. The minimum absolute atomic E-state index is 0.0351. The highest BCUT2D eigenvalue weighted by Gasteiger charge is 2.30. The van der Waals surface area contributed by atoms with Crippen molar-refractivity contribution in [3.63, 3.8) is 0 Å². The summed E-state index contributed by atoms with van der Waals surface area (Å²) in [6.07, 6.45) is 1.64. The number of halogens is 1. The number of amides is 2. The van der Waals surface area contributed by atoms with Gasteiger partial charge in [-0.3, -0.25) is 9.59 Å². The van der Waals surface area contributed by atoms with E-state index in [1.54, 1.807) is 16.7 Å². The maximum absolute atomic E-state index is 13.6. The van der Waals surface area contributed by atoms with E-state index in [0.717, 1.165) is 22.4 Å². The number of carbonyl (C=O) groups excluding carboxylic acids is 2. The Morgan fingerprint density at radius 3 is 2.29 bits per heavy atom. The predicted octanol–water partition coefficient (Wildman–Crippen LogP) is 6.30. The minimum Gasteiger partial charge on any atom is -0.354 e. The van der Waals surface area contributed by atoms with E-state index < -0.39 is 6.04 Å². The van der Waals surface area contributed by atoms with Gasteiger partial charge in [0.25, 0.3) is 0 Å². The van der Waals surface area contributed by atoms with Crippen LogP contribution in [0.3, 0.4) is 0 Å². The Hall–Kier alpha value is -2.76. The van der Waals surface area contributed by atoms with Crippen LogP contribution in [0, 0.1) is 6.92 Å². The molecule has 0 spiro atoms. The molecule has 0 aliphatic carbocycles. The molecule has 3 aromatic rings. The summed E-state index contributed by atoms with van der Waals surface area (Å²) >= 11 is 7.73. The molecule has 6 heteroatoms. The third-order valence-corrected chi connectivity index (χ3v) is 6.96. The average Bonchev–Trinajstić information content (AvgIpc) is 2.87. The fraction of sp³-hybridized carbons (Fsp3) is 0.310. The highest BCUT2D eigenvalue weighted by Crippen LogP contribution is 2.22. The van der Waals surface area contributed by atoms with Crippen molar-refractivity contribution in [3.8, 4) is 0 Å². The Labute approximate surface area is 218 Å². The van der Waals surface area contributed by atoms with Crippen molar-refractivity contribution >= 4 is 35.2 Å². The molecule has 0 aliphatic heterocycles. The monoisotopic (exact) mass is 508 g/mol. The third kappa shape index (κ3) is 8.75. The summed E-state index contributed by atoms with van der Waals surface area (Å²) in [5.41, 5.74) is 3.17. The van der Waals surface area contributed by atoms with E-state index in [2.05, 4.69) is 36.5 Å². The van der Waals surface area contributed by atoms with E-state index in [4.69, 9.17) is 11.6 Å². The summed E-state index contributed by atoms with van der Waals surface area (Å²) in [7, 11) is 0. The van der Waals surface area contributed by atoms with Gasteiger partial charge in [0.1, 0.15) is 6.04 Å². The third-order valence-electron chi connectivity index (χ3n) is 5.69. The standard InChI is InChI=1S/C29H33ClN2O2S/c1-3-18-31-29(34)27(20-23-7-5-4-6-8-23)32(21-24-11-13-25(30)14-12-24)28(33)17-19-35-26-15-9-22(2)10-16-26/h4-16,27H,3,17-21H2,1-2H3,(H,31,34). The lowest BCUT2D eigenvalue weighted by molar-refractivity contribution is -0.141. The van der Waals surface area contributed by atoms with Crippen LogP contribution in [0.1, 0.15) is 36.5 Å². The average molecular weight is 509 g/mol. The molecule has 1 N–H and O–H groups in total. The zero-order valence-electron chi connectivity index (χ0n) is 20.4. The molecule has 0 fully saturated rings. The van der Waals surface area contributed by atoms with Crippen LogP contribution in [-0.4, -0.2) is 35.1 Å². The van der Waals surface area contributed by atoms with Crippen LogP contribution in [0.5, 0.6) is 0 Å². The molecular formula is C29H33ClN2O2S. The molecule has 0 saturated carbocycles. The molecule has 35 heavy (non-hydrogen) atoms. The van der Waals surface area contributed by atoms with E-state index in [1.165, 1.54) is 5.56 Å². The molecule has 3 aromatic carbocycles. The first-order valence-electron chi connectivity index (χ1n) is 12.0. The zero-order valence-corrected chi connectivity index (χ0v) is 21.9. The number of aryl methyl sites for hydroxylation is 1. The quantitative estimate of drug-likeness (QED) is 0.292. The Bertz CT molecular complexity index is 1070. The predicted molar refractivity (Wildman–Crippen MR) is 146 cm³/mol. The van der Waals surface area contributed by atoms with Gasteiger partial charge in [-0.05, 0) is 48.7 Å². The smallest absolute Gasteiger partial charge is 0.243 e. The van der Waals surface area contributed by atoms with Gasteiger partial charge in [-0.2, -0.15) is 0 Å². The van der Waals surface area contributed by atoms with E-state index in [-0.39, 0.29) is 11.8 Å². The van der Waals surface area contributed by atoms with E-state index in [0.29, 0.717) is 36.7 Å². The van der Waals surface area contributed by atoms with Crippen molar-refractivity contribution in [1.82, 2.24) is 10.2 Å². The van der Waals surface area contributed by atoms with Gasteiger partial charge in [-0.1, -0.05) is 78.7 Å². The van der Waals surface area contributed by atoms with E-state index >= 15 is 0 Å². The lowest BCUT2D eigenvalue weighted by Gasteiger charge is -2.31. The lowest BCUT2D eigenvalue weighted by Crippen LogP contribution is -2.50. The SMILES string of the molecule is CCCNC(=O)C(Cc1ccccc1)N(Cc1ccc(Cl)cc1)C(=O)CCSc1ccc(C)cc1. The summed E-state index contributed by atoms with van der Waals surface area (Å²) in [5.74, 6) is 0.490. The number of nitrogens with zero attached hydrogens (tertiary/aromatic N) is 1. The largest absolute Gasteiger partial charge is 0.354 e. The van der Waals surface area contributed by atoms with Crippen LogP contribution in [0.2, 0.25) is 5.02 Å². The van der Waals surface area contributed by atoms with Crippen molar-refractivity contribution in [2.75, 3.05) is 12.3 Å². The Morgan fingerprint density at radius 1 is 0.943 bits per heavy atom. The highest BCUT2D eigenvalue weighted by molar-refractivity contribution is 7.99. The fourth-order valence-corrected chi connectivity index (χ4v) is 4.71. The Morgan fingerprint density at radius 2 is 1.63 bits per heavy atom. The van der Waals surface area contributed by atoms with E-state index in [9.17, 15) is 9.59 Å². The van der Waals surface area contributed by atoms with Gasteiger partial charge in [0.2, 0.25) is 11.8 Å². The fourth-order valence-electron chi connectivity index (χ4n) is 3.74. The molecule has 184 valence electrons. The van der Waals surface area contributed by atoms with Gasteiger partial charge in [-0.15, -0.1) is 11.8 Å². The molecular weight excluding hydrogens is 476 g/mol. The van der Waals surface area contributed by atoms with Crippen LogP contribution in [-0.2, 0) is 22.6 Å². The molecule has 3 rings (SSSR count). The van der Waals surface area contributed by atoms with Crippen LogP contribution in [0.4, 0.5) is 0 Å². The van der Waals surface area contributed by atoms with Crippen LogP contribution >= 0.6 is 23.4 Å². The van der Waals surface area contributed by atoms with Gasteiger partial charge in [0.15, 0.2) is 0 Å². The molecule has 4 nitrogen and oxygen atoms in total. The van der Waals surface area contributed by atoms with Crippen LogP contribution in [0.15, 0.2) is 83.8 Å². The molecule has 0 bridgehead atoms. The Kier molecular flexibility index (Phi) is 10.7. The summed E-state index contributed by atoms with van der Waals surface area (Å²) in [6, 6.07) is 25.0. The number of hydrogen-bond acceptors (Lipinski definition) is 3. The molecule has 0 heterocycles. The van der Waals surface area contributed by atoms with Crippen molar-refractivity contribution in [2.24, 2.45) is 0 Å². The maximum Gasteiger partial charge on any atom is 0.243 e. The second-order valence-electron chi connectivity index (χ2n) is 8.56. The number of carbonyl (C=O) groups is 2. The second kappa shape index (κ2) is 14.0. The molecule has 0 aromatic heterocycles. The molecule has 0 saturated heterocycles. The van der Waals surface area contributed by atoms with Gasteiger partial charge in [0.05, 0.1) is 0 Å². The normalized spacial score (nSPS) is 11.6. The van der Waals surface area contributed by atoms with E-state index in [1.807, 2.05) is 61.5 Å². The molecule has 1 atom stereocenters. The number of benzene rings is 3. The Balaban J connectivity index is 1.81. The molecule has 1 unspecified atom stereocenters. The van der Waals surface area contributed by atoms with Crippen LogP contribution < -0.4 is 5.32 Å². The van der Waals surface area contributed by atoms with Crippen LogP contribution in [0.25, 0.3) is 0 Å². The summed E-state index contributed by atoms with van der Waals surface area (Å²) < 4.78 is 0. The van der Waals surface area contributed by atoms with Gasteiger partial charge >= 0.3 is 0 Å². The number of hydrogen-bond donors (Lipinski definition) is 1. The second-order valence-corrected chi connectivity index (χ2v) is 10.2. The van der Waals surface area contributed by atoms with Gasteiger partial charge < -0.3 is 10.2 Å². The maximum atomic E-state index is 13.6. The highest BCUT2D eigenvalue weighted by atomic mass is 35.5. The summed E-state index contributed by atoms with van der Waals surface area (Å²) in [6.45, 7) is 5.01. The number of nitrogens with one attached hydrogen (secondary N) is 1. The summed E-state index contributed by atoms with van der Waals surface area (Å²) in [5, 5.41) is 3.65. The first kappa shape index (κ1) is 26.8. The molecule has 0 radical (unpaired) electrons. The first-order chi connectivity index (χ1) is 17.0. The van der Waals surface area contributed by atoms with Gasteiger partial charge in [-0.25, -0.2) is 0 Å². The van der Waals surface area contributed by atoms with Crippen molar-refractivity contribution in [2.45, 2.75) is 50.6 Å². The summed E-state index contributed by atoms with van der Waals surface area (Å²) in [4.78, 5) is 29.7. The minimum atomic E-state index is -0.600. The number of rotatable bonds is 12. The molecule has 2 amide bonds.